The molecule has 0 saturated carbocycles. The van der Waals surface area contributed by atoms with E-state index >= 15 is 0 Å². The standard InChI is InChI=1S/C27H30BrN3O4/c1-3-19-14-17-6-5-7-20(24(17)29-19)25(32)30-22-16-27(35-23-9-8-18(28)15-21(22)23)10-12-31(13-11-27)26(33)34-4-2/h5-9,14-15,22,29H,3-4,10-13,16H2,1-2H3,(H,30,32). The summed E-state index contributed by atoms with van der Waals surface area (Å²) >= 11 is 3.57. The molecule has 1 atom stereocenters. The molecule has 1 fully saturated rings. The van der Waals surface area contributed by atoms with Crippen LogP contribution < -0.4 is 10.1 Å². The highest BCUT2D eigenvalue weighted by molar-refractivity contribution is 9.10. The zero-order chi connectivity index (χ0) is 24.6. The molecule has 3 aromatic rings. The molecule has 184 valence electrons. The number of benzene rings is 2. The van der Waals surface area contributed by atoms with Crippen LogP contribution in [0.1, 0.15) is 60.8 Å². The fourth-order valence-electron chi connectivity index (χ4n) is 5.22. The van der Waals surface area contributed by atoms with Crippen LogP contribution in [0, 0.1) is 0 Å². The summed E-state index contributed by atoms with van der Waals surface area (Å²) in [4.78, 5) is 30.9. The van der Waals surface area contributed by atoms with Gasteiger partial charge >= 0.3 is 6.09 Å². The van der Waals surface area contributed by atoms with Crippen LogP contribution in [0.25, 0.3) is 10.9 Å². The zero-order valence-electron chi connectivity index (χ0n) is 20.0. The van der Waals surface area contributed by atoms with Crippen molar-refractivity contribution in [1.82, 2.24) is 15.2 Å². The topological polar surface area (TPSA) is 83.7 Å². The Morgan fingerprint density at radius 1 is 1.20 bits per heavy atom. The van der Waals surface area contributed by atoms with Crippen LogP contribution in [0.4, 0.5) is 4.79 Å². The van der Waals surface area contributed by atoms with Crippen LogP contribution in [-0.4, -0.2) is 47.2 Å². The number of aryl methyl sites for hydroxylation is 1. The summed E-state index contributed by atoms with van der Waals surface area (Å²) in [5, 5.41) is 4.33. The van der Waals surface area contributed by atoms with Crippen LogP contribution in [0.2, 0.25) is 0 Å². The number of nitrogens with zero attached hydrogens (tertiary/aromatic N) is 1. The number of piperidine rings is 1. The minimum Gasteiger partial charge on any atom is -0.487 e. The van der Waals surface area contributed by atoms with Gasteiger partial charge in [-0.3, -0.25) is 4.79 Å². The summed E-state index contributed by atoms with van der Waals surface area (Å²) in [6.45, 7) is 5.39. The first-order valence-corrected chi connectivity index (χ1v) is 13.0. The van der Waals surface area contributed by atoms with Crippen molar-refractivity contribution in [3.63, 3.8) is 0 Å². The van der Waals surface area contributed by atoms with Crippen molar-refractivity contribution in [2.24, 2.45) is 0 Å². The number of ether oxygens (including phenoxy) is 2. The number of amides is 2. The Morgan fingerprint density at radius 2 is 2.00 bits per heavy atom. The maximum absolute atomic E-state index is 13.6. The van der Waals surface area contributed by atoms with E-state index in [4.69, 9.17) is 9.47 Å². The second-order valence-electron chi connectivity index (χ2n) is 9.30. The third kappa shape index (κ3) is 4.63. The van der Waals surface area contributed by atoms with Gasteiger partial charge in [0.15, 0.2) is 0 Å². The summed E-state index contributed by atoms with van der Waals surface area (Å²) < 4.78 is 12.7. The largest absolute Gasteiger partial charge is 0.487 e. The van der Waals surface area contributed by atoms with E-state index in [0.29, 0.717) is 44.5 Å². The Labute approximate surface area is 213 Å². The molecule has 2 N–H and O–H groups in total. The van der Waals surface area contributed by atoms with Gasteiger partial charge in [-0.15, -0.1) is 0 Å². The number of para-hydroxylation sites is 1. The van der Waals surface area contributed by atoms with Crippen molar-refractivity contribution >= 4 is 38.8 Å². The molecule has 7 nitrogen and oxygen atoms in total. The highest BCUT2D eigenvalue weighted by Gasteiger charge is 2.44. The lowest BCUT2D eigenvalue weighted by Crippen LogP contribution is -2.53. The SMILES string of the molecule is CCOC(=O)N1CCC2(CC1)CC(NC(=O)c1cccc3cc(CC)[nH]c13)c1cc(Br)ccc1O2. The molecular weight excluding hydrogens is 510 g/mol. The summed E-state index contributed by atoms with van der Waals surface area (Å²) in [7, 11) is 0. The second kappa shape index (κ2) is 9.57. The fourth-order valence-corrected chi connectivity index (χ4v) is 5.60. The van der Waals surface area contributed by atoms with Gasteiger partial charge < -0.3 is 24.7 Å². The molecule has 2 aromatic carbocycles. The van der Waals surface area contributed by atoms with E-state index in [0.717, 1.165) is 38.8 Å². The summed E-state index contributed by atoms with van der Waals surface area (Å²) in [6, 6.07) is 13.6. The number of nitrogens with one attached hydrogen (secondary N) is 2. The lowest BCUT2D eigenvalue weighted by molar-refractivity contribution is -0.0233. The van der Waals surface area contributed by atoms with Gasteiger partial charge in [0.1, 0.15) is 11.4 Å². The summed E-state index contributed by atoms with van der Waals surface area (Å²) in [5.74, 6) is 0.665. The van der Waals surface area contributed by atoms with Crippen LogP contribution in [0.15, 0.2) is 46.9 Å². The normalized spacial score (nSPS) is 18.7. The lowest BCUT2D eigenvalue weighted by atomic mass is 9.80. The van der Waals surface area contributed by atoms with E-state index in [1.54, 1.807) is 4.90 Å². The molecular formula is C27H30BrN3O4. The third-order valence-electron chi connectivity index (χ3n) is 7.09. The molecule has 0 bridgehead atoms. The number of hydrogen-bond acceptors (Lipinski definition) is 4. The van der Waals surface area contributed by atoms with Crippen LogP contribution in [-0.2, 0) is 11.2 Å². The van der Waals surface area contributed by atoms with Crippen molar-refractivity contribution < 1.29 is 19.1 Å². The monoisotopic (exact) mass is 539 g/mol. The molecule has 2 aliphatic rings. The van der Waals surface area contributed by atoms with E-state index in [9.17, 15) is 9.59 Å². The molecule has 35 heavy (non-hydrogen) atoms. The van der Waals surface area contributed by atoms with E-state index < -0.39 is 5.60 Å². The number of carbonyl (C=O) groups excluding carboxylic acids is 2. The fraction of sp³-hybridized carbons (Fsp3) is 0.407. The molecule has 0 radical (unpaired) electrons. The number of rotatable bonds is 4. The maximum atomic E-state index is 13.6. The number of halogens is 1. The van der Waals surface area contributed by atoms with Gasteiger partial charge in [0.25, 0.3) is 5.91 Å². The molecule has 0 aliphatic carbocycles. The summed E-state index contributed by atoms with van der Waals surface area (Å²) in [6.07, 6.45) is 2.60. The Morgan fingerprint density at radius 3 is 2.74 bits per heavy atom. The molecule has 1 unspecified atom stereocenters. The molecule has 1 aromatic heterocycles. The van der Waals surface area contributed by atoms with Gasteiger partial charge in [-0.25, -0.2) is 4.79 Å². The van der Waals surface area contributed by atoms with Crippen molar-refractivity contribution in [3.05, 3.63) is 63.8 Å². The van der Waals surface area contributed by atoms with E-state index in [2.05, 4.69) is 39.2 Å². The van der Waals surface area contributed by atoms with Crippen LogP contribution in [0.5, 0.6) is 5.75 Å². The van der Waals surface area contributed by atoms with Gasteiger partial charge in [0, 0.05) is 53.5 Å². The van der Waals surface area contributed by atoms with Crippen molar-refractivity contribution in [1.29, 1.82) is 0 Å². The number of hydrogen-bond donors (Lipinski definition) is 2. The van der Waals surface area contributed by atoms with Crippen molar-refractivity contribution in [2.45, 2.75) is 51.2 Å². The predicted octanol–water partition coefficient (Wildman–Crippen LogP) is 5.74. The molecule has 5 rings (SSSR count). The Kier molecular flexibility index (Phi) is 6.49. The smallest absolute Gasteiger partial charge is 0.409 e. The highest BCUT2D eigenvalue weighted by atomic mass is 79.9. The minimum absolute atomic E-state index is 0.114. The average Bonchev–Trinajstić information content (AvgIpc) is 3.29. The zero-order valence-corrected chi connectivity index (χ0v) is 21.6. The number of aromatic amines is 1. The van der Waals surface area contributed by atoms with E-state index in [1.807, 2.05) is 43.3 Å². The van der Waals surface area contributed by atoms with Gasteiger partial charge in [-0.2, -0.15) is 0 Å². The Balaban J connectivity index is 1.41. The number of likely N-dealkylation sites (tertiary alicyclic amines) is 1. The predicted molar refractivity (Wildman–Crippen MR) is 138 cm³/mol. The third-order valence-corrected chi connectivity index (χ3v) is 7.59. The van der Waals surface area contributed by atoms with E-state index in [-0.39, 0.29) is 18.0 Å². The average molecular weight is 540 g/mol. The van der Waals surface area contributed by atoms with Crippen molar-refractivity contribution in [2.75, 3.05) is 19.7 Å². The number of fused-ring (bicyclic) bond motifs is 2. The highest BCUT2D eigenvalue weighted by Crippen LogP contribution is 2.45. The van der Waals surface area contributed by atoms with Crippen LogP contribution >= 0.6 is 15.9 Å². The molecule has 1 spiro atoms. The lowest BCUT2D eigenvalue weighted by Gasteiger charge is -2.46. The van der Waals surface area contributed by atoms with E-state index in [1.165, 1.54) is 0 Å². The number of carbonyl (C=O) groups is 2. The Hall–Kier alpha value is -3.00. The molecule has 1 saturated heterocycles. The molecule has 8 heteroatoms. The van der Waals surface area contributed by atoms with Crippen LogP contribution in [0.3, 0.4) is 0 Å². The summed E-state index contributed by atoms with van der Waals surface area (Å²) in [5.41, 5.74) is 3.11. The maximum Gasteiger partial charge on any atom is 0.409 e. The Bertz CT molecular complexity index is 1260. The quantitative estimate of drug-likeness (QED) is 0.442. The molecule has 3 heterocycles. The van der Waals surface area contributed by atoms with Gasteiger partial charge in [0.05, 0.1) is 23.7 Å². The minimum atomic E-state index is -0.449. The first kappa shape index (κ1) is 23.7. The molecule has 2 amide bonds. The number of aromatic nitrogens is 1. The molecule has 2 aliphatic heterocycles. The first-order valence-electron chi connectivity index (χ1n) is 12.2. The van der Waals surface area contributed by atoms with Crippen molar-refractivity contribution in [3.8, 4) is 5.75 Å². The van der Waals surface area contributed by atoms with Gasteiger partial charge in [0.2, 0.25) is 0 Å². The van der Waals surface area contributed by atoms with Gasteiger partial charge in [-0.05, 0) is 43.7 Å². The van der Waals surface area contributed by atoms with Gasteiger partial charge in [-0.1, -0.05) is 35.0 Å². The number of H-pyrrole nitrogens is 1. The first-order chi connectivity index (χ1) is 16.9. The second-order valence-corrected chi connectivity index (χ2v) is 10.2.